The Morgan fingerprint density at radius 3 is 2.79 bits per heavy atom. The van der Waals surface area contributed by atoms with Gasteiger partial charge in [0.15, 0.2) is 5.16 Å². The molecule has 0 N–H and O–H groups in total. The van der Waals surface area contributed by atoms with E-state index in [0.717, 1.165) is 46.1 Å². The largest absolute Gasteiger partial charge is 0.337 e. The van der Waals surface area contributed by atoms with Crippen molar-refractivity contribution in [3.63, 3.8) is 0 Å². The number of aryl methyl sites for hydroxylation is 4. The number of hydrogen-bond donors (Lipinski definition) is 0. The zero-order valence-corrected chi connectivity index (χ0v) is 17.4. The summed E-state index contributed by atoms with van der Waals surface area (Å²) in [7, 11) is 1.98. The van der Waals surface area contributed by atoms with Crippen molar-refractivity contribution in [2.24, 2.45) is 7.05 Å². The second kappa shape index (κ2) is 6.90. The summed E-state index contributed by atoms with van der Waals surface area (Å²) in [4.78, 5) is 25.1. The lowest BCUT2D eigenvalue weighted by Gasteiger charge is -2.13. The van der Waals surface area contributed by atoms with Crippen molar-refractivity contribution in [2.45, 2.75) is 37.1 Å². The van der Waals surface area contributed by atoms with Gasteiger partial charge in [0, 0.05) is 24.3 Å². The minimum Gasteiger partial charge on any atom is -0.337 e. The number of fused-ring (bicyclic) bond motifs is 3. The number of benzene rings is 1. The summed E-state index contributed by atoms with van der Waals surface area (Å²) in [5.74, 6) is 1.63. The first-order valence-corrected chi connectivity index (χ1v) is 11.2. The highest BCUT2D eigenvalue weighted by Crippen LogP contribution is 2.36. The predicted molar refractivity (Wildman–Crippen MR) is 115 cm³/mol. The third-order valence-corrected chi connectivity index (χ3v) is 7.37. The molecule has 1 aliphatic carbocycles. The Morgan fingerprint density at radius 1 is 1.21 bits per heavy atom. The van der Waals surface area contributed by atoms with Crippen LogP contribution in [0.5, 0.6) is 0 Å². The van der Waals surface area contributed by atoms with E-state index < -0.39 is 0 Å². The van der Waals surface area contributed by atoms with E-state index in [9.17, 15) is 4.79 Å². The highest BCUT2D eigenvalue weighted by atomic mass is 32.2. The molecule has 0 fully saturated rings. The molecule has 5 rings (SSSR count). The maximum Gasteiger partial charge on any atom is 0.267 e. The van der Waals surface area contributed by atoms with Gasteiger partial charge in [-0.25, -0.2) is 9.97 Å². The van der Waals surface area contributed by atoms with E-state index in [1.807, 2.05) is 42.1 Å². The van der Waals surface area contributed by atoms with E-state index in [-0.39, 0.29) is 5.56 Å². The van der Waals surface area contributed by atoms with Crippen molar-refractivity contribution in [1.29, 1.82) is 0 Å². The second-order valence-corrected chi connectivity index (χ2v) is 9.18. The van der Waals surface area contributed by atoms with E-state index in [4.69, 9.17) is 4.98 Å². The summed E-state index contributed by atoms with van der Waals surface area (Å²) >= 11 is 3.25. The van der Waals surface area contributed by atoms with Crippen LogP contribution in [0.4, 0.5) is 0 Å². The second-order valence-electron chi connectivity index (χ2n) is 7.15. The number of nitrogens with zero attached hydrogens (tertiary/aromatic N) is 4. The number of imidazole rings is 1. The Bertz CT molecular complexity index is 1230. The lowest BCUT2D eigenvalue weighted by molar-refractivity contribution is 0.812. The van der Waals surface area contributed by atoms with Crippen molar-refractivity contribution in [2.75, 3.05) is 0 Å². The van der Waals surface area contributed by atoms with Crippen molar-refractivity contribution < 1.29 is 0 Å². The highest BCUT2D eigenvalue weighted by Gasteiger charge is 2.24. The first-order chi connectivity index (χ1) is 13.6. The lowest BCUT2D eigenvalue weighted by atomic mass is 10.2. The van der Waals surface area contributed by atoms with Crippen molar-refractivity contribution in [3.05, 3.63) is 68.8 Å². The van der Waals surface area contributed by atoms with Crippen LogP contribution >= 0.6 is 23.1 Å². The topological polar surface area (TPSA) is 52.7 Å². The van der Waals surface area contributed by atoms with Gasteiger partial charge in [-0.05, 0) is 43.9 Å². The van der Waals surface area contributed by atoms with Crippen LogP contribution in [0.3, 0.4) is 0 Å². The maximum absolute atomic E-state index is 13.6. The third kappa shape index (κ3) is 2.89. The van der Waals surface area contributed by atoms with Crippen molar-refractivity contribution in [3.8, 4) is 5.69 Å². The number of thioether (sulfide) groups is 1. The molecule has 0 aliphatic heterocycles. The molecule has 142 valence electrons. The maximum atomic E-state index is 13.6. The van der Waals surface area contributed by atoms with E-state index in [0.29, 0.717) is 5.75 Å². The summed E-state index contributed by atoms with van der Waals surface area (Å²) in [6.45, 7) is 2.05. The molecule has 0 bridgehead atoms. The first kappa shape index (κ1) is 17.7. The summed E-state index contributed by atoms with van der Waals surface area (Å²) in [5, 5.41) is 1.55. The van der Waals surface area contributed by atoms with Gasteiger partial charge in [0.25, 0.3) is 5.56 Å². The molecule has 0 amide bonds. The van der Waals surface area contributed by atoms with Gasteiger partial charge in [-0.15, -0.1) is 11.3 Å². The van der Waals surface area contributed by atoms with Crippen LogP contribution in [0, 0.1) is 6.92 Å². The van der Waals surface area contributed by atoms with Crippen LogP contribution < -0.4 is 5.56 Å². The first-order valence-electron chi connectivity index (χ1n) is 9.35. The Labute approximate surface area is 171 Å². The van der Waals surface area contributed by atoms with E-state index >= 15 is 0 Å². The van der Waals surface area contributed by atoms with E-state index in [1.54, 1.807) is 33.9 Å². The molecule has 0 atom stereocenters. The van der Waals surface area contributed by atoms with Crippen LogP contribution in [0.2, 0.25) is 0 Å². The van der Waals surface area contributed by atoms with Gasteiger partial charge in [0.2, 0.25) is 0 Å². The van der Waals surface area contributed by atoms with Crippen LogP contribution in [0.15, 0.2) is 46.6 Å². The minimum absolute atomic E-state index is 0.0515. The Balaban J connectivity index is 1.68. The molecule has 0 radical (unpaired) electrons. The summed E-state index contributed by atoms with van der Waals surface area (Å²) < 4.78 is 3.78. The van der Waals surface area contributed by atoms with Gasteiger partial charge in [0.1, 0.15) is 10.7 Å². The molecular formula is C21H20N4OS2. The summed E-state index contributed by atoms with van der Waals surface area (Å²) in [6, 6.07) is 8.08. The summed E-state index contributed by atoms with van der Waals surface area (Å²) in [6.07, 6.45) is 6.92. The van der Waals surface area contributed by atoms with Gasteiger partial charge in [-0.1, -0.05) is 29.5 Å². The van der Waals surface area contributed by atoms with Crippen molar-refractivity contribution in [1.82, 2.24) is 19.1 Å². The van der Waals surface area contributed by atoms with Crippen LogP contribution in [0.1, 0.15) is 28.2 Å². The van der Waals surface area contributed by atoms with Crippen LogP contribution in [0.25, 0.3) is 15.9 Å². The molecule has 3 heterocycles. The molecule has 0 spiro atoms. The number of thiophene rings is 1. The van der Waals surface area contributed by atoms with Gasteiger partial charge in [-0.2, -0.15) is 0 Å². The Morgan fingerprint density at radius 2 is 2.04 bits per heavy atom. The Kier molecular flexibility index (Phi) is 4.36. The number of rotatable bonds is 4. The fourth-order valence-electron chi connectivity index (χ4n) is 3.71. The highest BCUT2D eigenvalue weighted by molar-refractivity contribution is 7.98. The SMILES string of the molecule is Cc1ccc(-n2c(SCc3nccn3C)nc3sc4c(c3c2=O)CCC4)cc1. The average molecular weight is 409 g/mol. The molecule has 7 heteroatoms. The predicted octanol–water partition coefficient (Wildman–Crippen LogP) is 4.27. The van der Waals surface area contributed by atoms with E-state index in [1.165, 1.54) is 16.0 Å². The van der Waals surface area contributed by atoms with Gasteiger partial charge in [-0.3, -0.25) is 9.36 Å². The molecule has 0 unspecified atom stereocenters. The number of aromatic nitrogens is 4. The standard InChI is InChI=1S/C21H20N4OS2/c1-13-6-8-14(9-7-13)25-20(26)18-15-4-3-5-16(15)28-19(18)23-21(25)27-12-17-22-10-11-24(17)2/h6-11H,3-5,12H2,1-2H3. The van der Waals surface area contributed by atoms with Gasteiger partial charge >= 0.3 is 0 Å². The zero-order chi connectivity index (χ0) is 19.3. The lowest BCUT2D eigenvalue weighted by Crippen LogP contribution is -2.22. The number of hydrogen-bond acceptors (Lipinski definition) is 5. The monoisotopic (exact) mass is 408 g/mol. The van der Waals surface area contributed by atoms with Crippen LogP contribution in [-0.4, -0.2) is 19.1 Å². The van der Waals surface area contributed by atoms with Crippen molar-refractivity contribution >= 4 is 33.3 Å². The van der Waals surface area contributed by atoms with Crippen LogP contribution in [-0.2, 0) is 25.6 Å². The molecule has 3 aromatic heterocycles. The average Bonchev–Trinajstić information content (AvgIpc) is 3.37. The molecular weight excluding hydrogens is 388 g/mol. The molecule has 28 heavy (non-hydrogen) atoms. The molecule has 5 nitrogen and oxygen atoms in total. The quantitative estimate of drug-likeness (QED) is 0.374. The molecule has 1 aliphatic rings. The fourth-order valence-corrected chi connectivity index (χ4v) is 6.03. The fraction of sp³-hybridized carbons (Fsp3) is 0.286. The summed E-state index contributed by atoms with van der Waals surface area (Å²) in [5.41, 5.74) is 3.31. The molecule has 4 aromatic rings. The zero-order valence-electron chi connectivity index (χ0n) is 15.8. The van der Waals surface area contributed by atoms with Gasteiger partial charge in [0.05, 0.1) is 16.8 Å². The third-order valence-electron chi connectivity index (χ3n) is 5.25. The normalized spacial score (nSPS) is 13.4. The van der Waals surface area contributed by atoms with E-state index in [2.05, 4.69) is 11.9 Å². The minimum atomic E-state index is 0.0515. The van der Waals surface area contributed by atoms with Gasteiger partial charge < -0.3 is 4.57 Å². The smallest absolute Gasteiger partial charge is 0.267 e. The molecule has 0 saturated heterocycles. The Hall–Kier alpha value is -2.38. The molecule has 0 saturated carbocycles. The molecule has 1 aromatic carbocycles.